The molecule has 3 fully saturated rings. The first-order valence-corrected chi connectivity index (χ1v) is 21.5. The van der Waals surface area contributed by atoms with Crippen LogP contribution in [0.4, 0.5) is 0 Å². The van der Waals surface area contributed by atoms with Gasteiger partial charge in [-0.15, -0.1) is 6.58 Å². The summed E-state index contributed by atoms with van der Waals surface area (Å²) in [6.07, 6.45) is 5.09. The zero-order chi connectivity index (χ0) is 42.9. The lowest BCUT2D eigenvalue weighted by atomic mass is 9.81. The maximum Gasteiger partial charge on any atom is 0.329 e. The number of hydrogen-bond acceptors (Lipinski definition) is 12. The number of nitrogens with zero attached hydrogens (tertiary/aromatic N) is 1. The molecule has 0 aromatic carbocycles. The summed E-state index contributed by atoms with van der Waals surface area (Å²) < 4.78 is 30.1. The standard InChI is InChI=1S/C45H71NO12/c1-10-18-56-37-24-31(15-16-34(37)47)22-28(5)40-30(7)35(48)25-36(49)32(11-2)20-26(3)19-27(4)21-38(54-8)41-39(55-9)23-29(6)45(53,58-41)42(50)43(51)46-17-13-12-14-33(46)44(52)57-40/h10,20,22,27,29-35,37-41,47-48,53H,1,11-19,21,23-25H2,2-9H3/b26-20+,28-22+/t27-,29-,30+,31-,32+,33-,34+,35-,37+,38-,39-,40+,41+,45?/m0/s1. The first kappa shape index (κ1) is 47.9. The molecule has 4 rings (SSSR count). The molecule has 14 atom stereocenters. The summed E-state index contributed by atoms with van der Waals surface area (Å²) in [5.41, 5.74) is 1.64. The van der Waals surface area contributed by atoms with E-state index in [-0.39, 0.29) is 43.4 Å². The largest absolute Gasteiger partial charge is 0.456 e. The Bertz CT molecular complexity index is 1500. The van der Waals surface area contributed by atoms with Crippen LogP contribution in [0.2, 0.25) is 0 Å². The number of methoxy groups -OCH3 is 2. The topological polar surface area (TPSA) is 178 Å². The van der Waals surface area contributed by atoms with Gasteiger partial charge in [0.05, 0.1) is 37.1 Å². The van der Waals surface area contributed by atoms with Gasteiger partial charge in [0.1, 0.15) is 24.0 Å². The van der Waals surface area contributed by atoms with Gasteiger partial charge in [-0.3, -0.25) is 14.4 Å². The molecule has 3 N–H and O–H groups in total. The lowest BCUT2D eigenvalue weighted by Crippen LogP contribution is -2.64. The number of ketones is 2. The minimum Gasteiger partial charge on any atom is -0.456 e. The van der Waals surface area contributed by atoms with Crippen LogP contribution in [-0.4, -0.2) is 126 Å². The van der Waals surface area contributed by atoms with Crippen molar-refractivity contribution in [2.24, 2.45) is 29.6 Å². The van der Waals surface area contributed by atoms with Crippen molar-refractivity contribution in [3.05, 3.63) is 36.0 Å². The van der Waals surface area contributed by atoms with Crippen LogP contribution in [0.25, 0.3) is 0 Å². The maximum atomic E-state index is 14.3. The molecule has 328 valence electrons. The average molecular weight is 818 g/mol. The van der Waals surface area contributed by atoms with Crippen molar-refractivity contribution in [2.75, 3.05) is 27.4 Å². The summed E-state index contributed by atoms with van der Waals surface area (Å²) in [6, 6.07) is -1.14. The molecule has 0 radical (unpaired) electrons. The monoisotopic (exact) mass is 817 g/mol. The van der Waals surface area contributed by atoms with Gasteiger partial charge in [0.15, 0.2) is 0 Å². The van der Waals surface area contributed by atoms with Crippen LogP contribution < -0.4 is 0 Å². The van der Waals surface area contributed by atoms with Gasteiger partial charge >= 0.3 is 5.97 Å². The molecule has 4 aliphatic rings. The highest BCUT2D eigenvalue weighted by Crippen LogP contribution is 2.39. The Labute approximate surface area is 345 Å². The van der Waals surface area contributed by atoms with Crippen LogP contribution in [0.3, 0.4) is 0 Å². The molecule has 3 aliphatic heterocycles. The van der Waals surface area contributed by atoms with Crippen LogP contribution in [0.1, 0.15) is 112 Å². The molecule has 58 heavy (non-hydrogen) atoms. The van der Waals surface area contributed by atoms with Gasteiger partial charge in [-0.1, -0.05) is 51.5 Å². The Morgan fingerprint density at radius 1 is 0.966 bits per heavy atom. The number of allylic oxidation sites excluding steroid dienone is 3. The van der Waals surface area contributed by atoms with E-state index in [0.29, 0.717) is 63.5 Å². The van der Waals surface area contributed by atoms with Crippen molar-refractivity contribution in [1.29, 1.82) is 0 Å². The average Bonchev–Trinajstić information content (AvgIpc) is 3.20. The molecular formula is C45H71NO12. The fourth-order valence-electron chi connectivity index (χ4n) is 9.51. The van der Waals surface area contributed by atoms with Crippen molar-refractivity contribution in [1.82, 2.24) is 4.90 Å². The Morgan fingerprint density at radius 2 is 1.66 bits per heavy atom. The van der Waals surface area contributed by atoms with E-state index < -0.39 is 90.0 Å². The van der Waals surface area contributed by atoms with Crippen LogP contribution in [0, 0.1) is 29.6 Å². The van der Waals surface area contributed by atoms with Gasteiger partial charge in [-0.25, -0.2) is 4.79 Å². The van der Waals surface area contributed by atoms with Gasteiger partial charge in [0.25, 0.3) is 11.7 Å². The minimum absolute atomic E-state index is 0.0310. The van der Waals surface area contributed by atoms with Crippen molar-refractivity contribution >= 4 is 23.4 Å². The van der Waals surface area contributed by atoms with Gasteiger partial charge in [0, 0.05) is 44.9 Å². The van der Waals surface area contributed by atoms with Crippen LogP contribution in [0.5, 0.6) is 0 Å². The van der Waals surface area contributed by atoms with E-state index in [2.05, 4.69) is 13.5 Å². The predicted octanol–water partition coefficient (Wildman–Crippen LogP) is 5.03. The van der Waals surface area contributed by atoms with E-state index in [1.807, 2.05) is 32.9 Å². The summed E-state index contributed by atoms with van der Waals surface area (Å²) in [5, 5.41) is 34.3. The second kappa shape index (κ2) is 21.7. The fraction of sp³-hybridized carbons (Fsp3) is 0.778. The molecule has 1 saturated carbocycles. The van der Waals surface area contributed by atoms with Crippen LogP contribution in [0.15, 0.2) is 36.0 Å². The molecule has 2 saturated heterocycles. The first-order valence-electron chi connectivity index (χ1n) is 21.5. The van der Waals surface area contributed by atoms with E-state index >= 15 is 0 Å². The second-order valence-electron chi connectivity index (χ2n) is 17.5. The molecule has 13 heteroatoms. The molecule has 0 aromatic rings. The zero-order valence-electron chi connectivity index (χ0n) is 36.1. The third kappa shape index (κ3) is 11.5. The zero-order valence-corrected chi connectivity index (χ0v) is 36.1. The molecule has 1 aliphatic carbocycles. The van der Waals surface area contributed by atoms with Crippen molar-refractivity contribution in [3.63, 3.8) is 0 Å². The Kier molecular flexibility index (Phi) is 17.9. The van der Waals surface area contributed by atoms with Crippen LogP contribution in [-0.2, 0) is 42.9 Å². The van der Waals surface area contributed by atoms with Gasteiger partial charge < -0.3 is 43.9 Å². The molecule has 3 heterocycles. The van der Waals surface area contributed by atoms with E-state index in [0.717, 1.165) is 5.57 Å². The molecule has 1 amide bonds. The number of rotatable bonds is 8. The molecule has 0 spiro atoms. The van der Waals surface area contributed by atoms with Crippen molar-refractivity contribution in [3.8, 4) is 0 Å². The number of fused-ring (bicyclic) bond motifs is 3. The second-order valence-corrected chi connectivity index (χ2v) is 17.5. The number of Topliss-reactive ketones (excluding diaryl/α,β-unsaturated/α-hetero) is 2. The number of piperidine rings is 1. The third-order valence-electron chi connectivity index (χ3n) is 13.0. The van der Waals surface area contributed by atoms with E-state index in [1.54, 1.807) is 19.9 Å². The van der Waals surface area contributed by atoms with Gasteiger partial charge in [0.2, 0.25) is 5.79 Å². The van der Waals surface area contributed by atoms with Crippen molar-refractivity contribution < 1.29 is 58.2 Å². The number of esters is 1. The number of carbonyl (C=O) groups excluding carboxylic acids is 4. The minimum atomic E-state index is -2.51. The van der Waals surface area contributed by atoms with E-state index in [1.165, 1.54) is 19.1 Å². The number of aliphatic hydroxyl groups excluding tert-OH is 2. The number of amides is 1. The summed E-state index contributed by atoms with van der Waals surface area (Å²) in [5.74, 6) is -7.59. The number of carbonyl (C=O) groups is 4. The Morgan fingerprint density at radius 3 is 2.31 bits per heavy atom. The Hall–Kier alpha value is -2.78. The summed E-state index contributed by atoms with van der Waals surface area (Å²) >= 11 is 0. The molecule has 13 nitrogen and oxygen atoms in total. The molecule has 0 aromatic heterocycles. The highest BCUT2D eigenvalue weighted by atomic mass is 16.7. The summed E-state index contributed by atoms with van der Waals surface area (Å²) in [7, 11) is 3.06. The van der Waals surface area contributed by atoms with Crippen molar-refractivity contribution in [2.45, 2.75) is 167 Å². The normalized spacial score (nSPS) is 40.5. The Balaban J connectivity index is 1.76. The van der Waals surface area contributed by atoms with Gasteiger partial charge in [-0.05, 0) is 95.5 Å². The maximum absolute atomic E-state index is 14.3. The highest BCUT2D eigenvalue weighted by Gasteiger charge is 2.56. The number of hydrogen-bond donors (Lipinski definition) is 3. The predicted molar refractivity (Wildman–Crippen MR) is 217 cm³/mol. The quantitative estimate of drug-likeness (QED) is 0.169. The smallest absolute Gasteiger partial charge is 0.329 e. The summed E-state index contributed by atoms with van der Waals surface area (Å²) in [6.45, 7) is 15.2. The fourth-order valence-corrected chi connectivity index (χ4v) is 9.51. The first-order chi connectivity index (χ1) is 27.5. The molecular weight excluding hydrogens is 746 g/mol. The highest BCUT2D eigenvalue weighted by molar-refractivity contribution is 6.39. The van der Waals surface area contributed by atoms with Gasteiger partial charge in [-0.2, -0.15) is 0 Å². The number of ether oxygens (including phenoxy) is 5. The van der Waals surface area contributed by atoms with E-state index in [4.69, 9.17) is 23.7 Å². The lowest BCUT2D eigenvalue weighted by Gasteiger charge is -2.47. The van der Waals surface area contributed by atoms with E-state index in [9.17, 15) is 34.5 Å². The summed E-state index contributed by atoms with van der Waals surface area (Å²) in [4.78, 5) is 57.8. The number of cyclic esters (lactones) is 1. The SMILES string of the molecule is C=CCO[C@@H]1C[C@H](/C=C(\C)[C@H]2OC(=O)[C@@H]3CCCCN3C(=O)C(=O)C3(O)O[C@H]([C@@H](OC)C[C@@H](C)C/C(C)=C/[C@@H](CC)C(=O)C[C@H](O)[C@H]2C)[C@@H](OC)C[C@@H]3C)CC[C@H]1O. The third-order valence-corrected chi connectivity index (χ3v) is 13.0. The molecule has 1 unspecified atom stereocenters. The molecule has 2 bridgehead atoms. The lowest BCUT2D eigenvalue weighted by molar-refractivity contribution is -0.302. The number of aliphatic hydroxyl groups is 3. The van der Waals surface area contributed by atoms with Crippen LogP contribution >= 0.6 is 0 Å².